The fourth-order valence-corrected chi connectivity index (χ4v) is 3.22. The van der Waals surface area contributed by atoms with Crippen LogP contribution in [0.1, 0.15) is 23.6 Å². The van der Waals surface area contributed by atoms with Crippen LogP contribution in [0.4, 0.5) is 5.69 Å². The maximum Gasteiger partial charge on any atom is 0.329 e. The molecule has 0 spiro atoms. The molecule has 0 aliphatic carbocycles. The Morgan fingerprint density at radius 3 is 2.45 bits per heavy atom. The van der Waals surface area contributed by atoms with Crippen LogP contribution < -0.4 is 30.3 Å². The molecule has 10 heteroatoms. The highest BCUT2D eigenvalue weighted by Crippen LogP contribution is 2.28. The zero-order valence-corrected chi connectivity index (χ0v) is 21.4. The molecule has 3 aromatic carbocycles. The highest BCUT2D eigenvalue weighted by molar-refractivity contribution is 6.35. The average Bonchev–Trinajstić information content (AvgIpc) is 2.92. The first-order valence-corrected chi connectivity index (χ1v) is 11.9. The number of benzene rings is 3. The SMILES string of the molecule is CCOc1cc(/C=N\NC(=O)C(=O)NCc2ccc(C)cc2)ccc1OCC(=O)Nc1cccc(OC)c1. The number of nitrogens with one attached hydrogen (secondary N) is 3. The van der Waals surface area contributed by atoms with Gasteiger partial charge in [0, 0.05) is 18.3 Å². The molecule has 0 aromatic heterocycles. The third kappa shape index (κ3) is 8.66. The van der Waals surface area contributed by atoms with Crippen molar-refractivity contribution in [1.29, 1.82) is 0 Å². The number of hydrazone groups is 1. The molecular formula is C28H30N4O6. The Morgan fingerprint density at radius 2 is 1.71 bits per heavy atom. The summed E-state index contributed by atoms with van der Waals surface area (Å²) in [6, 6.07) is 19.5. The van der Waals surface area contributed by atoms with Gasteiger partial charge in [0.2, 0.25) is 0 Å². The van der Waals surface area contributed by atoms with Crippen molar-refractivity contribution in [1.82, 2.24) is 10.7 Å². The number of anilines is 1. The summed E-state index contributed by atoms with van der Waals surface area (Å²) in [7, 11) is 1.55. The minimum atomic E-state index is -0.889. The molecule has 3 amide bonds. The van der Waals surface area contributed by atoms with E-state index in [1.165, 1.54) is 6.21 Å². The van der Waals surface area contributed by atoms with Gasteiger partial charge in [0.05, 0.1) is 19.9 Å². The molecule has 3 N–H and O–H groups in total. The van der Waals surface area contributed by atoms with Gasteiger partial charge < -0.3 is 24.8 Å². The van der Waals surface area contributed by atoms with E-state index < -0.39 is 11.8 Å². The summed E-state index contributed by atoms with van der Waals surface area (Å²) in [5, 5.41) is 9.12. The molecule has 0 saturated carbocycles. The summed E-state index contributed by atoms with van der Waals surface area (Å²) in [4.78, 5) is 36.3. The summed E-state index contributed by atoms with van der Waals surface area (Å²) in [6.07, 6.45) is 1.37. The standard InChI is InChI=1S/C28H30N4O6/c1-4-37-25-14-21(17-30-32-28(35)27(34)29-16-20-10-8-19(2)9-11-20)12-13-24(25)38-18-26(33)31-22-6-5-7-23(15-22)36-3/h5-15,17H,4,16,18H2,1-3H3,(H,29,34)(H,31,33)(H,32,35)/b30-17-. The molecule has 0 fully saturated rings. The van der Waals surface area contributed by atoms with Crippen LogP contribution in [0.5, 0.6) is 17.2 Å². The van der Waals surface area contributed by atoms with Crippen molar-refractivity contribution < 1.29 is 28.6 Å². The van der Waals surface area contributed by atoms with E-state index in [0.717, 1.165) is 11.1 Å². The average molecular weight is 519 g/mol. The predicted molar refractivity (Wildman–Crippen MR) is 143 cm³/mol. The largest absolute Gasteiger partial charge is 0.497 e. The third-order valence-corrected chi connectivity index (χ3v) is 5.14. The van der Waals surface area contributed by atoms with Crippen LogP contribution in [0.2, 0.25) is 0 Å². The molecule has 38 heavy (non-hydrogen) atoms. The first-order valence-electron chi connectivity index (χ1n) is 11.9. The molecule has 3 rings (SSSR count). The summed E-state index contributed by atoms with van der Waals surface area (Å²) < 4.78 is 16.4. The molecule has 0 heterocycles. The number of rotatable bonds is 11. The molecule has 0 saturated heterocycles. The van der Waals surface area contributed by atoms with Gasteiger partial charge in [0.25, 0.3) is 5.91 Å². The van der Waals surface area contributed by atoms with E-state index in [2.05, 4.69) is 21.2 Å². The van der Waals surface area contributed by atoms with Gasteiger partial charge in [-0.25, -0.2) is 5.43 Å². The van der Waals surface area contributed by atoms with E-state index in [-0.39, 0.29) is 19.1 Å². The van der Waals surface area contributed by atoms with E-state index in [1.807, 2.05) is 38.1 Å². The lowest BCUT2D eigenvalue weighted by molar-refractivity contribution is -0.139. The number of ether oxygens (including phenoxy) is 3. The fourth-order valence-electron chi connectivity index (χ4n) is 3.22. The zero-order chi connectivity index (χ0) is 27.3. The number of hydrogen-bond acceptors (Lipinski definition) is 7. The van der Waals surface area contributed by atoms with Gasteiger partial charge in [-0.15, -0.1) is 0 Å². The molecule has 0 aliphatic heterocycles. The van der Waals surface area contributed by atoms with Crippen LogP contribution in [0, 0.1) is 6.92 Å². The number of methoxy groups -OCH3 is 1. The molecule has 0 radical (unpaired) electrons. The lowest BCUT2D eigenvalue weighted by atomic mass is 10.1. The van der Waals surface area contributed by atoms with Crippen molar-refractivity contribution in [3.05, 3.63) is 83.4 Å². The second kappa shape index (κ2) is 14.0. The van der Waals surface area contributed by atoms with Crippen LogP contribution in [0.15, 0.2) is 71.8 Å². The second-order valence-electron chi connectivity index (χ2n) is 8.08. The molecule has 0 aliphatic rings. The van der Waals surface area contributed by atoms with Gasteiger partial charge in [0.1, 0.15) is 5.75 Å². The maximum atomic E-state index is 12.3. The van der Waals surface area contributed by atoms with Crippen molar-refractivity contribution in [3.8, 4) is 17.2 Å². The Bertz CT molecular complexity index is 1290. The summed E-state index contributed by atoms with van der Waals surface area (Å²) in [5.74, 6) is -0.653. The van der Waals surface area contributed by atoms with Gasteiger partial charge in [-0.2, -0.15) is 5.10 Å². The smallest absolute Gasteiger partial charge is 0.329 e. The van der Waals surface area contributed by atoms with Crippen molar-refractivity contribution in [3.63, 3.8) is 0 Å². The van der Waals surface area contributed by atoms with Crippen molar-refractivity contribution >= 4 is 29.6 Å². The topological polar surface area (TPSA) is 127 Å². The lowest BCUT2D eigenvalue weighted by Crippen LogP contribution is -2.37. The van der Waals surface area contributed by atoms with Crippen molar-refractivity contribution in [2.75, 3.05) is 25.6 Å². The fraction of sp³-hybridized carbons (Fsp3) is 0.214. The normalized spacial score (nSPS) is 10.5. The van der Waals surface area contributed by atoms with Crippen molar-refractivity contribution in [2.24, 2.45) is 5.10 Å². The maximum absolute atomic E-state index is 12.3. The second-order valence-corrected chi connectivity index (χ2v) is 8.08. The Kier molecular flexibility index (Phi) is 10.2. The third-order valence-electron chi connectivity index (χ3n) is 5.14. The van der Waals surface area contributed by atoms with E-state index in [0.29, 0.717) is 35.1 Å². The Hall–Kier alpha value is -4.86. The van der Waals surface area contributed by atoms with E-state index in [1.54, 1.807) is 49.6 Å². The van der Waals surface area contributed by atoms with Crippen LogP contribution in [0.3, 0.4) is 0 Å². The van der Waals surface area contributed by atoms with Gasteiger partial charge in [0.15, 0.2) is 18.1 Å². The summed E-state index contributed by atoms with van der Waals surface area (Å²) in [5.41, 5.74) is 5.35. The number of aryl methyl sites for hydroxylation is 1. The summed E-state index contributed by atoms with van der Waals surface area (Å²) in [6.45, 7) is 4.14. The Balaban J connectivity index is 1.52. The first-order chi connectivity index (χ1) is 18.4. The molecule has 0 unspecified atom stereocenters. The molecule has 10 nitrogen and oxygen atoms in total. The quantitative estimate of drug-likeness (QED) is 0.203. The van der Waals surface area contributed by atoms with E-state index in [4.69, 9.17) is 14.2 Å². The van der Waals surface area contributed by atoms with E-state index >= 15 is 0 Å². The number of nitrogens with zero attached hydrogens (tertiary/aromatic N) is 1. The number of carbonyl (C=O) groups excluding carboxylic acids is 3. The van der Waals surface area contributed by atoms with Gasteiger partial charge >= 0.3 is 11.8 Å². The van der Waals surface area contributed by atoms with Crippen LogP contribution in [0.25, 0.3) is 0 Å². The Labute approximate surface area is 221 Å². The molecular weight excluding hydrogens is 488 g/mol. The van der Waals surface area contributed by atoms with Gasteiger partial charge in [-0.3, -0.25) is 14.4 Å². The monoisotopic (exact) mass is 518 g/mol. The van der Waals surface area contributed by atoms with Gasteiger partial charge in [-0.05, 0) is 55.3 Å². The molecule has 0 bridgehead atoms. The number of amides is 3. The number of hydrogen-bond donors (Lipinski definition) is 3. The molecule has 0 atom stereocenters. The highest BCUT2D eigenvalue weighted by Gasteiger charge is 2.13. The minimum Gasteiger partial charge on any atom is -0.497 e. The lowest BCUT2D eigenvalue weighted by Gasteiger charge is -2.13. The van der Waals surface area contributed by atoms with Crippen LogP contribution >= 0.6 is 0 Å². The molecule has 198 valence electrons. The minimum absolute atomic E-state index is 0.229. The first kappa shape index (κ1) is 27.7. The highest BCUT2D eigenvalue weighted by atomic mass is 16.5. The van der Waals surface area contributed by atoms with Crippen molar-refractivity contribution in [2.45, 2.75) is 20.4 Å². The summed E-state index contributed by atoms with van der Waals surface area (Å²) >= 11 is 0. The van der Waals surface area contributed by atoms with Crippen LogP contribution in [-0.2, 0) is 20.9 Å². The van der Waals surface area contributed by atoms with Gasteiger partial charge in [-0.1, -0.05) is 35.9 Å². The number of carbonyl (C=O) groups is 3. The van der Waals surface area contributed by atoms with E-state index in [9.17, 15) is 14.4 Å². The Morgan fingerprint density at radius 1 is 0.921 bits per heavy atom. The molecule has 3 aromatic rings. The predicted octanol–water partition coefficient (Wildman–Crippen LogP) is 3.19. The van der Waals surface area contributed by atoms with Crippen LogP contribution in [-0.4, -0.2) is 44.3 Å². The zero-order valence-electron chi connectivity index (χ0n) is 21.4.